The Bertz CT molecular complexity index is 2410. The van der Waals surface area contributed by atoms with E-state index in [4.69, 9.17) is 14.5 Å². The number of ether oxygens (including phenoxy) is 2. The predicted octanol–water partition coefficient (Wildman–Crippen LogP) is 16.9. The lowest BCUT2D eigenvalue weighted by Gasteiger charge is -2.58. The molecule has 1 aliphatic heterocycles. The molecule has 0 spiro atoms. The zero-order valence-electron chi connectivity index (χ0n) is 49.8. The number of aliphatic imine (C=N–C) groups is 1. The van der Waals surface area contributed by atoms with Crippen molar-refractivity contribution in [3.63, 3.8) is 0 Å². The third kappa shape index (κ3) is 10.1. The number of hydrogen-bond acceptors (Lipinski definition) is 5. The fourth-order valence-electron chi connectivity index (χ4n) is 20.7. The van der Waals surface area contributed by atoms with Gasteiger partial charge in [-0.15, -0.1) is 0 Å². The maximum Gasteiger partial charge on any atom is 0.336 e. The number of aryl methyl sites for hydroxylation is 1. The zero-order chi connectivity index (χ0) is 53.4. The summed E-state index contributed by atoms with van der Waals surface area (Å²) in [6, 6.07) is 4.09. The Balaban J connectivity index is 0.809. The van der Waals surface area contributed by atoms with E-state index in [0.717, 1.165) is 103 Å². The molecule has 75 heavy (non-hydrogen) atoms. The summed E-state index contributed by atoms with van der Waals surface area (Å²) in [4.78, 5) is 35.0. The number of rotatable bonds is 15. The van der Waals surface area contributed by atoms with Crippen LogP contribution in [0.15, 0.2) is 64.1 Å². The molecule has 0 saturated heterocycles. The number of pyridine rings is 1. The van der Waals surface area contributed by atoms with Gasteiger partial charge in [0.25, 0.3) is 0 Å². The highest BCUT2D eigenvalue weighted by Gasteiger charge is 2.61. The van der Waals surface area contributed by atoms with Crippen molar-refractivity contribution < 1.29 is 23.6 Å². The molecule has 10 rings (SSSR count). The molecule has 0 radical (unpaired) electrons. The van der Waals surface area contributed by atoms with Gasteiger partial charge in [-0.2, -0.15) is 0 Å². The van der Waals surface area contributed by atoms with Crippen LogP contribution in [0.4, 0.5) is 0 Å². The normalized spacial score (nSPS) is 41.0. The van der Waals surface area contributed by atoms with Crippen LogP contribution in [0.25, 0.3) is 0 Å². The van der Waals surface area contributed by atoms with Crippen LogP contribution < -0.4 is 4.57 Å². The molecule has 414 valence electrons. The first-order chi connectivity index (χ1) is 35.7. The van der Waals surface area contributed by atoms with Crippen LogP contribution in [0.5, 0.6) is 0 Å². The van der Waals surface area contributed by atoms with Gasteiger partial charge in [0.1, 0.15) is 25.2 Å². The molecule has 0 bridgehead atoms. The molecule has 0 aromatic carbocycles. The van der Waals surface area contributed by atoms with E-state index in [1.54, 1.807) is 0 Å². The van der Waals surface area contributed by atoms with Gasteiger partial charge in [-0.25, -0.2) is 9.36 Å². The monoisotopic (exact) mass is 1030 g/mol. The molecule has 8 aliphatic carbocycles. The molecule has 1 aromatic heterocycles. The molecule has 6 fully saturated rings. The standard InChI is InChI=1S/C69H105N2O4/c1-42(2)17-14-19-44(5)55-26-28-57-53-24-22-49-39-51(30-34-66(49,9)59(53)32-36-68(55,57)11)74-64(72)61-46(7)70-47(8)62(63(61)48-21-16-38-71(13)41-48)65(73)75-52-31-35-67(10)50(40-52)23-25-54-58-29-27-56(45(6)20-15-18-43(3)4)69(58,12)37-33-60(54)67/h16,21-23,38,41-45,51-61,63H,14-15,17-20,24-37,39-40H2,1-13H3/q+1/t44-,45-,51?,52?,53?,54?,55-,56-,57?,58?,59?,60?,61?,63?,66+,67+,68-,69-/m1/s1. The van der Waals surface area contributed by atoms with Gasteiger partial charge in [0.05, 0.1) is 5.57 Å². The van der Waals surface area contributed by atoms with Crippen LogP contribution in [0.2, 0.25) is 0 Å². The minimum Gasteiger partial charge on any atom is -0.462 e. The Kier molecular flexibility index (Phi) is 15.9. The van der Waals surface area contributed by atoms with E-state index in [2.05, 4.69) is 93.7 Å². The smallest absolute Gasteiger partial charge is 0.336 e. The van der Waals surface area contributed by atoms with Crippen molar-refractivity contribution >= 4 is 17.7 Å². The minimum atomic E-state index is -0.710. The van der Waals surface area contributed by atoms with Crippen LogP contribution >= 0.6 is 0 Å². The number of hydrogen-bond donors (Lipinski definition) is 0. The van der Waals surface area contributed by atoms with Crippen molar-refractivity contribution in [1.29, 1.82) is 0 Å². The topological polar surface area (TPSA) is 68.8 Å². The average molecular weight is 1030 g/mol. The Morgan fingerprint density at radius 2 is 1.16 bits per heavy atom. The van der Waals surface area contributed by atoms with E-state index in [9.17, 15) is 0 Å². The van der Waals surface area contributed by atoms with Gasteiger partial charge in [0.2, 0.25) is 0 Å². The summed E-state index contributed by atoms with van der Waals surface area (Å²) in [7, 11) is 2.01. The Labute approximate surface area is 457 Å². The van der Waals surface area contributed by atoms with Crippen LogP contribution in [0.3, 0.4) is 0 Å². The van der Waals surface area contributed by atoms with Crippen molar-refractivity contribution in [2.75, 3.05) is 0 Å². The van der Waals surface area contributed by atoms with Gasteiger partial charge in [-0.1, -0.05) is 131 Å². The molecular formula is C69H105N2O4+. The molecule has 6 nitrogen and oxygen atoms in total. The van der Waals surface area contributed by atoms with E-state index in [0.29, 0.717) is 39.6 Å². The summed E-state index contributed by atoms with van der Waals surface area (Å²) >= 11 is 0. The molecule has 18 atom stereocenters. The van der Waals surface area contributed by atoms with Gasteiger partial charge in [-0.3, -0.25) is 9.79 Å². The largest absolute Gasteiger partial charge is 0.462 e. The summed E-state index contributed by atoms with van der Waals surface area (Å²) in [5.74, 6) is 7.72. The highest BCUT2D eigenvalue weighted by atomic mass is 16.5. The van der Waals surface area contributed by atoms with Crippen LogP contribution in [0.1, 0.15) is 236 Å². The first-order valence-corrected chi connectivity index (χ1v) is 31.7. The molecule has 0 N–H and O–H groups in total. The SMILES string of the molecule is CC1=NC(C)=C(C(=O)OC2CC[C@@]3(C)C(=CCC4C3CC[C@@]3(C)C4CC[C@@H]3[C@H](C)CCCC(C)C)C2)C(c2ccc[n+](C)c2)C1C(=O)OC1CC[C@@]2(C)C(=CCC3C2CC[C@@]2(C)C3CC[C@@H]2[C@H](C)CCCC(C)C)C1. The Morgan fingerprint density at radius 3 is 1.65 bits per heavy atom. The molecule has 9 aliphatic rings. The van der Waals surface area contributed by atoms with Gasteiger partial charge < -0.3 is 9.47 Å². The molecule has 2 heterocycles. The summed E-state index contributed by atoms with van der Waals surface area (Å²) in [6.07, 6.45) is 36.1. The average Bonchev–Trinajstić information content (AvgIpc) is 3.94. The number of fused-ring (bicyclic) bond motifs is 10. The Hall–Kier alpha value is -3.02. The number of esters is 2. The summed E-state index contributed by atoms with van der Waals surface area (Å²) in [5, 5.41) is 0. The first-order valence-electron chi connectivity index (χ1n) is 31.7. The fourth-order valence-corrected chi connectivity index (χ4v) is 20.7. The number of carbonyl (C=O) groups excluding carboxylic acids is 2. The summed E-state index contributed by atoms with van der Waals surface area (Å²) in [6.45, 7) is 29.1. The van der Waals surface area contributed by atoms with Crippen molar-refractivity contribution in [1.82, 2.24) is 0 Å². The summed E-state index contributed by atoms with van der Waals surface area (Å²) in [5.41, 5.74) is 7.14. The molecule has 1 aromatic rings. The number of carbonyl (C=O) groups is 2. The van der Waals surface area contributed by atoms with Crippen LogP contribution in [0, 0.1) is 98.6 Å². The van der Waals surface area contributed by atoms with Gasteiger partial charge in [0, 0.05) is 41.8 Å². The van der Waals surface area contributed by atoms with Crippen molar-refractivity contribution in [3.8, 4) is 0 Å². The molecule has 6 saturated carbocycles. The molecule has 6 heteroatoms. The van der Waals surface area contributed by atoms with Crippen LogP contribution in [-0.2, 0) is 26.1 Å². The van der Waals surface area contributed by atoms with E-state index >= 15 is 9.59 Å². The van der Waals surface area contributed by atoms with E-state index in [-0.39, 0.29) is 35.0 Å². The molecule has 0 amide bonds. The van der Waals surface area contributed by atoms with Crippen molar-refractivity contribution in [2.45, 2.75) is 242 Å². The van der Waals surface area contributed by atoms with Crippen molar-refractivity contribution in [3.05, 3.63) is 64.7 Å². The zero-order valence-corrected chi connectivity index (χ0v) is 49.8. The number of allylic oxidation sites excluding steroid dienone is 3. The van der Waals surface area contributed by atoms with Crippen molar-refractivity contribution in [2.24, 2.45) is 111 Å². The number of nitrogens with zero attached hydrogens (tertiary/aromatic N) is 2. The first kappa shape index (κ1) is 55.3. The lowest BCUT2D eigenvalue weighted by atomic mass is 9.47. The van der Waals surface area contributed by atoms with E-state index in [1.807, 2.05) is 37.7 Å². The number of aromatic nitrogens is 1. The lowest BCUT2D eigenvalue weighted by molar-refractivity contribution is -0.672. The van der Waals surface area contributed by atoms with Gasteiger partial charge >= 0.3 is 11.9 Å². The highest BCUT2D eigenvalue weighted by Crippen LogP contribution is 2.69. The van der Waals surface area contributed by atoms with Gasteiger partial charge in [0.15, 0.2) is 12.4 Å². The fraction of sp³-hybridized carbons (Fsp3) is 0.797. The third-order valence-electron chi connectivity index (χ3n) is 24.7. The van der Waals surface area contributed by atoms with E-state index in [1.165, 1.54) is 114 Å². The quantitative estimate of drug-likeness (QED) is 0.0997. The second kappa shape index (κ2) is 21.6. The second-order valence-electron chi connectivity index (χ2n) is 29.7. The Morgan fingerprint density at radius 1 is 0.653 bits per heavy atom. The van der Waals surface area contributed by atoms with Crippen LogP contribution in [-0.4, -0.2) is 29.9 Å². The highest BCUT2D eigenvalue weighted by molar-refractivity contribution is 6.07. The maximum atomic E-state index is 15.0. The third-order valence-corrected chi connectivity index (χ3v) is 24.7. The minimum absolute atomic E-state index is 0.167. The molecule has 10 unspecified atom stereocenters. The summed E-state index contributed by atoms with van der Waals surface area (Å²) < 4.78 is 15.5. The lowest BCUT2D eigenvalue weighted by Crippen LogP contribution is -2.51. The second-order valence-corrected chi connectivity index (χ2v) is 29.7. The predicted molar refractivity (Wildman–Crippen MR) is 306 cm³/mol. The van der Waals surface area contributed by atoms with Gasteiger partial charge in [-0.05, 0) is 202 Å². The van der Waals surface area contributed by atoms with E-state index < -0.39 is 11.8 Å². The molecular weight excluding hydrogens is 921 g/mol. The maximum absolute atomic E-state index is 15.0.